The van der Waals surface area contributed by atoms with Gasteiger partial charge in [-0.2, -0.15) is 0 Å². The Labute approximate surface area is 100 Å². The van der Waals surface area contributed by atoms with E-state index < -0.39 is 11.2 Å². The highest BCUT2D eigenvalue weighted by atomic mass is 16.4. The first-order chi connectivity index (χ1) is 8.54. The van der Waals surface area contributed by atoms with E-state index in [9.17, 15) is 9.59 Å². The van der Waals surface area contributed by atoms with Crippen molar-refractivity contribution in [2.24, 2.45) is 17.9 Å². The first-order valence-corrected chi connectivity index (χ1v) is 5.15. The number of amidine groups is 1. The summed E-state index contributed by atoms with van der Waals surface area (Å²) in [6, 6.07) is 0. The van der Waals surface area contributed by atoms with E-state index in [4.69, 9.17) is 10.9 Å². The van der Waals surface area contributed by atoms with E-state index in [0.29, 0.717) is 12.2 Å². The minimum Gasteiger partial charge on any atom is -0.409 e. The normalized spacial score (nSPS) is 12.2. The van der Waals surface area contributed by atoms with Crippen molar-refractivity contribution < 1.29 is 5.21 Å². The summed E-state index contributed by atoms with van der Waals surface area (Å²) < 4.78 is 2.79. The maximum absolute atomic E-state index is 11.7. The van der Waals surface area contributed by atoms with Crippen molar-refractivity contribution in [3.05, 3.63) is 27.2 Å². The second-order valence-corrected chi connectivity index (χ2v) is 3.77. The van der Waals surface area contributed by atoms with Crippen LogP contribution in [0.15, 0.2) is 21.1 Å². The Balaban J connectivity index is 2.52. The average Bonchev–Trinajstić information content (AvgIpc) is 2.77. The first kappa shape index (κ1) is 11.9. The molecule has 0 bridgehead atoms. The van der Waals surface area contributed by atoms with Gasteiger partial charge in [0.05, 0.1) is 6.33 Å². The second kappa shape index (κ2) is 4.35. The van der Waals surface area contributed by atoms with Crippen LogP contribution >= 0.6 is 0 Å². The fraction of sp³-hybridized carbons (Fsp3) is 0.333. The molecule has 9 heteroatoms. The van der Waals surface area contributed by atoms with Gasteiger partial charge in [-0.05, 0) is 0 Å². The second-order valence-electron chi connectivity index (χ2n) is 3.77. The standard InChI is InChI=1S/C9H12N6O3/c1-14-7-6(8(16)12-9(14)17)15(4-11-7)3-2-5(10)13-18/h4,18H,2-3H2,1H3,(H2,10,13)(H,12,16,17). The van der Waals surface area contributed by atoms with Gasteiger partial charge in [0.15, 0.2) is 11.2 Å². The van der Waals surface area contributed by atoms with E-state index in [0.717, 1.165) is 0 Å². The minimum absolute atomic E-state index is 0.0538. The quantitative estimate of drug-likeness (QED) is 0.266. The maximum atomic E-state index is 11.7. The molecule has 0 fully saturated rings. The summed E-state index contributed by atoms with van der Waals surface area (Å²) >= 11 is 0. The molecule has 0 aliphatic heterocycles. The minimum atomic E-state index is -0.519. The number of nitrogens with one attached hydrogen (secondary N) is 1. The first-order valence-electron chi connectivity index (χ1n) is 5.15. The van der Waals surface area contributed by atoms with Gasteiger partial charge < -0.3 is 15.5 Å². The molecular formula is C9H12N6O3. The lowest BCUT2D eigenvalue weighted by molar-refractivity contribution is 0.316. The van der Waals surface area contributed by atoms with Crippen molar-refractivity contribution in [1.29, 1.82) is 0 Å². The van der Waals surface area contributed by atoms with Crippen LogP contribution < -0.4 is 17.0 Å². The van der Waals surface area contributed by atoms with Crippen LogP contribution in [0.3, 0.4) is 0 Å². The van der Waals surface area contributed by atoms with E-state index in [1.807, 2.05) is 0 Å². The molecule has 0 atom stereocenters. The number of H-pyrrole nitrogens is 1. The molecule has 96 valence electrons. The third-order valence-electron chi connectivity index (χ3n) is 2.61. The van der Waals surface area contributed by atoms with Crippen molar-refractivity contribution >= 4 is 17.0 Å². The zero-order valence-electron chi connectivity index (χ0n) is 9.62. The van der Waals surface area contributed by atoms with E-state index in [1.165, 1.54) is 17.9 Å². The van der Waals surface area contributed by atoms with Gasteiger partial charge in [0.1, 0.15) is 5.84 Å². The van der Waals surface area contributed by atoms with E-state index in [2.05, 4.69) is 15.1 Å². The Morgan fingerprint density at radius 1 is 1.61 bits per heavy atom. The maximum Gasteiger partial charge on any atom is 0.329 e. The van der Waals surface area contributed by atoms with Crippen molar-refractivity contribution in [2.45, 2.75) is 13.0 Å². The SMILES string of the molecule is Cn1c(=O)[nH]c(=O)c2c1ncn2CCC(N)=NO. The van der Waals surface area contributed by atoms with Crippen molar-refractivity contribution in [3.63, 3.8) is 0 Å². The average molecular weight is 252 g/mol. The van der Waals surface area contributed by atoms with E-state index in [-0.39, 0.29) is 17.8 Å². The van der Waals surface area contributed by atoms with Gasteiger partial charge >= 0.3 is 5.69 Å². The van der Waals surface area contributed by atoms with Gasteiger partial charge in [-0.15, -0.1) is 0 Å². The number of nitrogens with two attached hydrogens (primary N) is 1. The van der Waals surface area contributed by atoms with E-state index >= 15 is 0 Å². The zero-order valence-corrected chi connectivity index (χ0v) is 9.62. The number of fused-ring (bicyclic) bond motifs is 1. The van der Waals surface area contributed by atoms with Gasteiger partial charge in [-0.25, -0.2) is 9.78 Å². The molecule has 0 saturated heterocycles. The summed E-state index contributed by atoms with van der Waals surface area (Å²) in [5, 5.41) is 11.3. The Kier molecular flexibility index (Phi) is 2.88. The number of nitrogens with zero attached hydrogens (tertiary/aromatic N) is 4. The molecule has 0 radical (unpaired) electrons. The van der Waals surface area contributed by atoms with Gasteiger partial charge in [0.25, 0.3) is 5.56 Å². The molecule has 2 aromatic heterocycles. The van der Waals surface area contributed by atoms with Crippen molar-refractivity contribution in [3.8, 4) is 0 Å². The number of oxime groups is 1. The molecule has 2 aromatic rings. The third kappa shape index (κ3) is 1.85. The largest absolute Gasteiger partial charge is 0.409 e. The lowest BCUT2D eigenvalue weighted by Crippen LogP contribution is -2.29. The molecule has 4 N–H and O–H groups in total. The molecule has 0 aliphatic carbocycles. The lowest BCUT2D eigenvalue weighted by Gasteiger charge is -2.03. The zero-order chi connectivity index (χ0) is 13.3. The predicted molar refractivity (Wildman–Crippen MR) is 63.6 cm³/mol. The van der Waals surface area contributed by atoms with Gasteiger partial charge in [-0.3, -0.25) is 14.3 Å². The molecule has 9 nitrogen and oxygen atoms in total. The Bertz CT molecular complexity index is 722. The summed E-state index contributed by atoms with van der Waals surface area (Å²) in [5.41, 5.74) is 4.90. The highest BCUT2D eigenvalue weighted by Gasteiger charge is 2.11. The lowest BCUT2D eigenvalue weighted by atomic mass is 10.4. The molecule has 18 heavy (non-hydrogen) atoms. The molecule has 0 unspecified atom stereocenters. The number of rotatable bonds is 3. The number of imidazole rings is 1. The van der Waals surface area contributed by atoms with Crippen LogP contribution in [0.25, 0.3) is 11.2 Å². The smallest absolute Gasteiger partial charge is 0.329 e. The fourth-order valence-corrected chi connectivity index (χ4v) is 1.64. The summed E-state index contributed by atoms with van der Waals surface area (Å²) in [6.45, 7) is 0.327. The molecule has 2 rings (SSSR count). The van der Waals surface area contributed by atoms with Crippen molar-refractivity contribution in [1.82, 2.24) is 19.1 Å². The fourth-order valence-electron chi connectivity index (χ4n) is 1.64. The highest BCUT2D eigenvalue weighted by molar-refractivity contribution is 5.79. The van der Waals surface area contributed by atoms with Crippen LogP contribution in [-0.4, -0.2) is 30.1 Å². The Morgan fingerprint density at radius 3 is 3.00 bits per heavy atom. The Morgan fingerprint density at radius 2 is 2.33 bits per heavy atom. The molecule has 0 aliphatic rings. The summed E-state index contributed by atoms with van der Waals surface area (Å²) in [7, 11) is 1.52. The number of aromatic amines is 1. The van der Waals surface area contributed by atoms with Crippen LogP contribution in [0, 0.1) is 0 Å². The number of hydrogen-bond acceptors (Lipinski definition) is 5. The molecular weight excluding hydrogens is 240 g/mol. The number of hydrogen-bond donors (Lipinski definition) is 3. The van der Waals surface area contributed by atoms with Crippen LogP contribution in [0.1, 0.15) is 6.42 Å². The predicted octanol–water partition coefficient (Wildman–Crippen LogP) is -1.44. The summed E-state index contributed by atoms with van der Waals surface area (Å²) in [5.74, 6) is 0.0538. The third-order valence-corrected chi connectivity index (χ3v) is 2.61. The molecule has 0 spiro atoms. The number of aromatic nitrogens is 4. The molecule has 0 aromatic carbocycles. The van der Waals surface area contributed by atoms with Crippen LogP contribution in [-0.2, 0) is 13.6 Å². The van der Waals surface area contributed by atoms with Crippen LogP contribution in [0.5, 0.6) is 0 Å². The molecule has 2 heterocycles. The van der Waals surface area contributed by atoms with Gasteiger partial charge in [0, 0.05) is 20.0 Å². The number of aryl methyl sites for hydroxylation is 2. The Hall–Kier alpha value is -2.58. The molecule has 0 amide bonds. The summed E-state index contributed by atoms with van der Waals surface area (Å²) in [6.07, 6.45) is 1.70. The highest BCUT2D eigenvalue weighted by Crippen LogP contribution is 2.05. The monoisotopic (exact) mass is 252 g/mol. The van der Waals surface area contributed by atoms with Gasteiger partial charge in [0.2, 0.25) is 0 Å². The topological polar surface area (TPSA) is 131 Å². The van der Waals surface area contributed by atoms with Crippen molar-refractivity contribution in [2.75, 3.05) is 0 Å². The van der Waals surface area contributed by atoms with E-state index in [1.54, 1.807) is 4.57 Å². The van der Waals surface area contributed by atoms with Crippen LogP contribution in [0.2, 0.25) is 0 Å². The van der Waals surface area contributed by atoms with Crippen LogP contribution in [0.4, 0.5) is 0 Å². The van der Waals surface area contributed by atoms with Gasteiger partial charge in [-0.1, -0.05) is 5.16 Å². The molecule has 0 saturated carbocycles. The summed E-state index contributed by atoms with van der Waals surface area (Å²) in [4.78, 5) is 29.3.